The van der Waals surface area contributed by atoms with Gasteiger partial charge in [-0.05, 0) is 113 Å². The fourth-order valence-electron chi connectivity index (χ4n) is 8.15. The monoisotopic (exact) mass is 707 g/mol. The molecule has 0 fully saturated rings. The highest BCUT2D eigenvalue weighted by Crippen LogP contribution is 2.43. The second-order valence-electron chi connectivity index (χ2n) is 13.9. The lowest BCUT2D eigenvalue weighted by atomic mass is 10.1. The first-order valence-corrected chi connectivity index (χ1v) is 19.2. The maximum absolute atomic E-state index is 3.72. The summed E-state index contributed by atoms with van der Waals surface area (Å²) in [5, 5.41) is 13.9. The van der Waals surface area contributed by atoms with Crippen LogP contribution < -0.4 is 10.2 Å². The van der Waals surface area contributed by atoms with Gasteiger partial charge in [0.25, 0.3) is 0 Å². The van der Waals surface area contributed by atoms with Gasteiger partial charge >= 0.3 is 0 Å². The first-order valence-electron chi connectivity index (χ1n) is 18.3. The van der Waals surface area contributed by atoms with Gasteiger partial charge in [0.15, 0.2) is 0 Å². The van der Waals surface area contributed by atoms with Gasteiger partial charge in [0.1, 0.15) is 0 Å². The number of fused-ring (bicyclic) bond motifs is 9. The van der Waals surface area contributed by atoms with Gasteiger partial charge < -0.3 is 14.8 Å². The topological polar surface area (TPSA) is 20.2 Å². The van der Waals surface area contributed by atoms with Crippen molar-refractivity contribution in [3.05, 3.63) is 194 Å². The first-order chi connectivity index (χ1) is 26.7. The molecule has 9 aromatic carbocycles. The minimum Gasteiger partial charge on any atom is -0.355 e. The van der Waals surface area contributed by atoms with Crippen molar-refractivity contribution in [1.82, 2.24) is 4.57 Å². The number of anilines is 5. The fraction of sp³-hybridized carbons (Fsp3) is 0. The molecule has 0 spiro atoms. The van der Waals surface area contributed by atoms with Gasteiger partial charge in [0, 0.05) is 65.1 Å². The zero-order valence-corrected chi connectivity index (χ0v) is 30.1. The van der Waals surface area contributed by atoms with Crippen LogP contribution in [0.5, 0.6) is 0 Å². The molecule has 2 heterocycles. The standard InChI is InChI=1S/C50H33N3S/c1-3-14-38(15-4-1)52(41-25-28-49-46(32-41)44-26-19-33-11-9-10-18-42(33)50(44)54-49)40-23-20-36(21-24-40)51-37-22-27-43-45-29-34-12-7-8-13-35(34)30-47(45)53(48(43)31-37)39-16-5-2-6-17-39/h1-32,51H. The van der Waals surface area contributed by atoms with Crippen molar-refractivity contribution in [2.75, 3.05) is 10.2 Å². The number of aromatic nitrogens is 1. The maximum atomic E-state index is 3.72. The van der Waals surface area contributed by atoms with E-state index in [4.69, 9.17) is 0 Å². The second-order valence-corrected chi connectivity index (χ2v) is 15.0. The van der Waals surface area contributed by atoms with Crippen molar-refractivity contribution in [1.29, 1.82) is 0 Å². The van der Waals surface area contributed by atoms with E-state index in [1.807, 2.05) is 11.3 Å². The molecule has 4 heteroatoms. The lowest BCUT2D eigenvalue weighted by molar-refractivity contribution is 1.18. The zero-order valence-electron chi connectivity index (χ0n) is 29.3. The first kappa shape index (κ1) is 30.7. The number of thiophene rings is 1. The van der Waals surface area contributed by atoms with Crippen LogP contribution in [0.15, 0.2) is 194 Å². The van der Waals surface area contributed by atoms with E-state index in [-0.39, 0.29) is 0 Å². The molecule has 0 aliphatic carbocycles. The minimum absolute atomic E-state index is 1.03. The molecule has 1 N–H and O–H groups in total. The summed E-state index contributed by atoms with van der Waals surface area (Å²) in [6.07, 6.45) is 0. The van der Waals surface area contributed by atoms with Crippen LogP contribution in [-0.4, -0.2) is 4.57 Å². The number of rotatable bonds is 6. The maximum Gasteiger partial charge on any atom is 0.0561 e. The Kier molecular flexibility index (Phi) is 7.04. The molecular formula is C50H33N3S. The van der Waals surface area contributed by atoms with E-state index in [0.717, 1.165) is 34.1 Å². The SMILES string of the molecule is c1ccc(N(c2ccc(Nc3ccc4c5cc6ccccc6cc5n(-c5ccccc5)c4c3)cc2)c2ccc3sc4c5ccccc5ccc4c3c2)cc1. The molecule has 0 unspecified atom stereocenters. The summed E-state index contributed by atoms with van der Waals surface area (Å²) in [7, 11) is 0. The highest BCUT2D eigenvalue weighted by Gasteiger charge is 2.17. The molecule has 2 aromatic heterocycles. The van der Waals surface area contributed by atoms with E-state index in [1.165, 1.54) is 63.5 Å². The largest absolute Gasteiger partial charge is 0.355 e. The van der Waals surface area contributed by atoms with Crippen molar-refractivity contribution in [2.45, 2.75) is 0 Å². The van der Waals surface area contributed by atoms with Gasteiger partial charge in [-0.25, -0.2) is 0 Å². The third-order valence-electron chi connectivity index (χ3n) is 10.7. The lowest BCUT2D eigenvalue weighted by Gasteiger charge is -2.26. The summed E-state index contributed by atoms with van der Waals surface area (Å²) >= 11 is 1.88. The van der Waals surface area contributed by atoms with Crippen molar-refractivity contribution in [2.24, 2.45) is 0 Å². The van der Waals surface area contributed by atoms with E-state index < -0.39 is 0 Å². The summed E-state index contributed by atoms with van der Waals surface area (Å²) < 4.78 is 5.03. The summed E-state index contributed by atoms with van der Waals surface area (Å²) in [6, 6.07) is 70.2. The number of nitrogens with one attached hydrogen (secondary N) is 1. The zero-order chi connectivity index (χ0) is 35.6. The van der Waals surface area contributed by atoms with E-state index in [9.17, 15) is 0 Å². The molecule has 254 valence electrons. The highest BCUT2D eigenvalue weighted by atomic mass is 32.1. The number of hydrogen-bond donors (Lipinski definition) is 1. The fourth-order valence-corrected chi connectivity index (χ4v) is 9.37. The van der Waals surface area contributed by atoms with E-state index in [0.29, 0.717) is 0 Å². The average Bonchev–Trinajstić information content (AvgIpc) is 3.76. The third-order valence-corrected chi connectivity index (χ3v) is 11.9. The van der Waals surface area contributed by atoms with Crippen LogP contribution in [0.4, 0.5) is 28.4 Å². The Hall–Kier alpha value is -6.88. The molecule has 0 atom stereocenters. The summed E-state index contributed by atoms with van der Waals surface area (Å²) in [4.78, 5) is 2.35. The minimum atomic E-state index is 1.03. The van der Waals surface area contributed by atoms with Crippen molar-refractivity contribution >= 4 is 103 Å². The molecule has 0 amide bonds. The normalized spacial score (nSPS) is 11.7. The van der Waals surface area contributed by atoms with Gasteiger partial charge in [-0.1, -0.05) is 103 Å². The number of benzene rings is 9. The predicted octanol–water partition coefficient (Wildman–Crippen LogP) is 14.7. The van der Waals surface area contributed by atoms with Crippen LogP contribution in [0, 0.1) is 0 Å². The molecule has 11 rings (SSSR count). The molecule has 0 bridgehead atoms. The van der Waals surface area contributed by atoms with Crippen LogP contribution in [0.25, 0.3) is 69.2 Å². The van der Waals surface area contributed by atoms with Gasteiger partial charge in [-0.15, -0.1) is 11.3 Å². The Bertz CT molecular complexity index is 3180. The van der Waals surface area contributed by atoms with E-state index in [1.54, 1.807) is 0 Å². The van der Waals surface area contributed by atoms with Crippen molar-refractivity contribution in [3.63, 3.8) is 0 Å². The molecule has 0 radical (unpaired) electrons. The number of hydrogen-bond acceptors (Lipinski definition) is 3. The Morgan fingerprint density at radius 2 is 1.02 bits per heavy atom. The highest BCUT2D eigenvalue weighted by molar-refractivity contribution is 7.26. The predicted molar refractivity (Wildman–Crippen MR) is 233 cm³/mol. The van der Waals surface area contributed by atoms with Crippen molar-refractivity contribution in [3.8, 4) is 5.69 Å². The molecule has 3 nitrogen and oxygen atoms in total. The Morgan fingerprint density at radius 3 is 1.83 bits per heavy atom. The van der Waals surface area contributed by atoms with Crippen LogP contribution >= 0.6 is 11.3 Å². The summed E-state index contributed by atoms with van der Waals surface area (Å²) in [5.74, 6) is 0. The second kappa shape index (κ2) is 12.4. The van der Waals surface area contributed by atoms with Crippen LogP contribution in [0.3, 0.4) is 0 Å². The smallest absolute Gasteiger partial charge is 0.0561 e. The van der Waals surface area contributed by atoms with Gasteiger partial charge in [0.2, 0.25) is 0 Å². The molecule has 54 heavy (non-hydrogen) atoms. The molecule has 0 aliphatic heterocycles. The third kappa shape index (κ3) is 5.03. The van der Waals surface area contributed by atoms with Crippen molar-refractivity contribution < 1.29 is 0 Å². The molecule has 0 saturated carbocycles. The average molecular weight is 708 g/mol. The molecular weight excluding hydrogens is 675 g/mol. The number of nitrogens with zero attached hydrogens (tertiary/aromatic N) is 2. The Balaban J connectivity index is 0.978. The lowest BCUT2D eigenvalue weighted by Crippen LogP contribution is -2.09. The van der Waals surface area contributed by atoms with E-state index in [2.05, 4.69) is 209 Å². The van der Waals surface area contributed by atoms with Gasteiger partial charge in [-0.3, -0.25) is 0 Å². The van der Waals surface area contributed by atoms with Crippen LogP contribution in [0.1, 0.15) is 0 Å². The summed E-state index contributed by atoms with van der Waals surface area (Å²) in [5.41, 5.74) is 8.96. The molecule has 11 aromatic rings. The van der Waals surface area contributed by atoms with Crippen LogP contribution in [0.2, 0.25) is 0 Å². The van der Waals surface area contributed by atoms with Gasteiger partial charge in [0.05, 0.1) is 11.0 Å². The quantitative estimate of drug-likeness (QED) is 0.186. The Labute approximate surface area is 316 Å². The Morgan fingerprint density at radius 1 is 0.389 bits per heavy atom. The summed E-state index contributed by atoms with van der Waals surface area (Å²) in [6.45, 7) is 0. The van der Waals surface area contributed by atoms with Gasteiger partial charge in [-0.2, -0.15) is 0 Å². The molecule has 0 saturated heterocycles. The number of para-hydroxylation sites is 2. The van der Waals surface area contributed by atoms with E-state index >= 15 is 0 Å². The molecule has 0 aliphatic rings. The van der Waals surface area contributed by atoms with Crippen LogP contribution in [-0.2, 0) is 0 Å².